The molecular weight excluding hydrogens is 737 g/mol. The highest BCUT2D eigenvalue weighted by Gasteiger charge is 2.44. The van der Waals surface area contributed by atoms with Crippen LogP contribution < -0.4 is 0 Å². The molecule has 6 unspecified atom stereocenters. The highest BCUT2D eigenvalue weighted by Crippen LogP contribution is 2.23. The van der Waals surface area contributed by atoms with Crippen molar-refractivity contribution in [1.82, 2.24) is 0 Å². The van der Waals surface area contributed by atoms with E-state index in [0.717, 1.165) is 51.4 Å². The van der Waals surface area contributed by atoms with E-state index >= 15 is 0 Å². The largest absolute Gasteiger partial charge is 0.462 e. The van der Waals surface area contributed by atoms with Crippen LogP contribution in [0.5, 0.6) is 0 Å². The minimum Gasteiger partial charge on any atom is -0.462 e. The second kappa shape index (κ2) is 39.6. The van der Waals surface area contributed by atoms with Gasteiger partial charge in [0.15, 0.2) is 12.4 Å². The molecule has 6 atom stereocenters. The van der Waals surface area contributed by atoms with Gasteiger partial charge in [0.05, 0.1) is 13.2 Å². The fourth-order valence-electron chi connectivity index (χ4n) is 7.54. The molecule has 4 N–H and O–H groups in total. The zero-order valence-electron chi connectivity index (χ0n) is 37.3. The standard InChI is InChI=1S/C48H90O10/c1-3-5-7-9-11-13-15-17-19-21-23-24-26-28-30-32-34-36-43(50)55-39-41(40-56-48-47(54)46(53)45(52)42(38-49)58-48)57-44(51)37-35-33-31-29-27-25-22-20-18-16-14-12-10-8-6-4-2/h20,22,41-42,45-49,52-54H,3-19,21,23-40H2,1-2H3/b22-20-. The van der Waals surface area contributed by atoms with Crippen molar-refractivity contribution in [3.05, 3.63) is 12.2 Å². The quantitative estimate of drug-likeness (QED) is 0.0266. The molecule has 0 radical (unpaired) electrons. The van der Waals surface area contributed by atoms with E-state index in [0.29, 0.717) is 6.42 Å². The van der Waals surface area contributed by atoms with Crippen LogP contribution in [0.3, 0.4) is 0 Å². The number of unbranched alkanes of at least 4 members (excludes halogenated alkanes) is 28. The number of hydrogen-bond donors (Lipinski definition) is 4. The maximum Gasteiger partial charge on any atom is 0.306 e. The first-order valence-corrected chi connectivity index (χ1v) is 24.3. The summed E-state index contributed by atoms with van der Waals surface area (Å²) >= 11 is 0. The summed E-state index contributed by atoms with van der Waals surface area (Å²) in [6.07, 6.45) is 35.0. The van der Waals surface area contributed by atoms with Crippen molar-refractivity contribution in [2.45, 2.75) is 263 Å². The van der Waals surface area contributed by atoms with Gasteiger partial charge in [-0.05, 0) is 38.5 Å². The number of aliphatic hydroxyl groups is 4. The van der Waals surface area contributed by atoms with Crippen LogP contribution in [0.4, 0.5) is 0 Å². The summed E-state index contributed by atoms with van der Waals surface area (Å²) in [5.41, 5.74) is 0. The third-order valence-electron chi connectivity index (χ3n) is 11.4. The van der Waals surface area contributed by atoms with Crippen molar-refractivity contribution in [1.29, 1.82) is 0 Å². The number of ether oxygens (including phenoxy) is 4. The van der Waals surface area contributed by atoms with Crippen LogP contribution in [0.2, 0.25) is 0 Å². The van der Waals surface area contributed by atoms with Crippen molar-refractivity contribution < 1.29 is 49.0 Å². The van der Waals surface area contributed by atoms with E-state index in [2.05, 4.69) is 26.0 Å². The Balaban J connectivity index is 2.29. The lowest BCUT2D eigenvalue weighted by Crippen LogP contribution is -2.59. The molecule has 10 nitrogen and oxygen atoms in total. The molecule has 0 aromatic carbocycles. The fraction of sp³-hybridized carbons (Fsp3) is 0.917. The van der Waals surface area contributed by atoms with Crippen LogP contribution in [0, 0.1) is 0 Å². The van der Waals surface area contributed by atoms with E-state index in [-0.39, 0.29) is 32.0 Å². The topological polar surface area (TPSA) is 152 Å². The van der Waals surface area contributed by atoms with Gasteiger partial charge in [-0.15, -0.1) is 0 Å². The summed E-state index contributed by atoms with van der Waals surface area (Å²) < 4.78 is 22.2. The Morgan fingerprint density at radius 1 is 0.517 bits per heavy atom. The lowest BCUT2D eigenvalue weighted by atomic mass is 9.99. The van der Waals surface area contributed by atoms with Crippen LogP contribution in [-0.2, 0) is 28.5 Å². The van der Waals surface area contributed by atoms with Gasteiger partial charge in [0.1, 0.15) is 31.0 Å². The van der Waals surface area contributed by atoms with Crippen molar-refractivity contribution in [2.24, 2.45) is 0 Å². The van der Waals surface area contributed by atoms with Crippen molar-refractivity contribution in [3.63, 3.8) is 0 Å². The van der Waals surface area contributed by atoms with Crippen LogP contribution in [0.25, 0.3) is 0 Å². The molecule has 58 heavy (non-hydrogen) atoms. The number of esters is 2. The van der Waals surface area contributed by atoms with Gasteiger partial charge >= 0.3 is 11.9 Å². The molecule has 1 rings (SSSR count). The third-order valence-corrected chi connectivity index (χ3v) is 11.4. The van der Waals surface area contributed by atoms with E-state index < -0.39 is 49.4 Å². The molecule has 1 saturated heterocycles. The third kappa shape index (κ3) is 30.5. The lowest BCUT2D eigenvalue weighted by Gasteiger charge is -2.39. The molecule has 1 fully saturated rings. The van der Waals surface area contributed by atoms with E-state index in [1.165, 1.54) is 141 Å². The second-order valence-corrected chi connectivity index (χ2v) is 16.9. The predicted octanol–water partition coefficient (Wildman–Crippen LogP) is 10.7. The Morgan fingerprint density at radius 2 is 0.914 bits per heavy atom. The number of aliphatic hydroxyl groups excluding tert-OH is 4. The number of rotatable bonds is 41. The molecule has 342 valence electrons. The minimum absolute atomic E-state index is 0.215. The van der Waals surface area contributed by atoms with Gasteiger partial charge in [0.2, 0.25) is 0 Å². The first-order chi connectivity index (χ1) is 28.3. The van der Waals surface area contributed by atoms with Gasteiger partial charge in [0, 0.05) is 12.8 Å². The smallest absolute Gasteiger partial charge is 0.306 e. The van der Waals surface area contributed by atoms with Gasteiger partial charge in [-0.2, -0.15) is 0 Å². The second-order valence-electron chi connectivity index (χ2n) is 16.9. The van der Waals surface area contributed by atoms with E-state index in [9.17, 15) is 30.0 Å². The lowest BCUT2D eigenvalue weighted by molar-refractivity contribution is -0.305. The molecular formula is C48H90O10. The SMILES string of the molecule is CCCCCCCCC/C=C\CCCCCCCC(=O)OC(COC(=O)CCCCCCCCCCCCCCCCCCC)COC1OC(CO)C(O)C(O)C1O. The molecule has 1 heterocycles. The number of hydrogen-bond acceptors (Lipinski definition) is 10. The van der Waals surface area contributed by atoms with Gasteiger partial charge in [0.25, 0.3) is 0 Å². The molecule has 0 aliphatic carbocycles. The summed E-state index contributed by atoms with van der Waals surface area (Å²) in [6, 6.07) is 0. The van der Waals surface area contributed by atoms with E-state index in [1.54, 1.807) is 0 Å². The van der Waals surface area contributed by atoms with Crippen LogP contribution >= 0.6 is 0 Å². The summed E-state index contributed by atoms with van der Waals surface area (Å²) in [4.78, 5) is 25.4. The molecule has 0 aromatic rings. The highest BCUT2D eigenvalue weighted by atomic mass is 16.7. The van der Waals surface area contributed by atoms with Crippen LogP contribution in [0.15, 0.2) is 12.2 Å². The van der Waals surface area contributed by atoms with Crippen molar-refractivity contribution in [3.8, 4) is 0 Å². The number of carbonyl (C=O) groups excluding carboxylic acids is 2. The maximum atomic E-state index is 12.8. The van der Waals surface area contributed by atoms with Gasteiger partial charge in [-0.25, -0.2) is 0 Å². The van der Waals surface area contributed by atoms with Gasteiger partial charge in [-0.1, -0.05) is 187 Å². The average Bonchev–Trinajstić information content (AvgIpc) is 3.22. The summed E-state index contributed by atoms with van der Waals surface area (Å²) in [6.45, 7) is 3.44. The molecule has 0 saturated carbocycles. The Morgan fingerprint density at radius 3 is 1.34 bits per heavy atom. The Hall–Kier alpha value is -1.56. The predicted molar refractivity (Wildman–Crippen MR) is 233 cm³/mol. The minimum atomic E-state index is -1.59. The van der Waals surface area contributed by atoms with Gasteiger partial charge in [-0.3, -0.25) is 9.59 Å². The van der Waals surface area contributed by atoms with Crippen molar-refractivity contribution in [2.75, 3.05) is 19.8 Å². The molecule has 0 bridgehead atoms. The fourth-order valence-corrected chi connectivity index (χ4v) is 7.54. The summed E-state index contributed by atoms with van der Waals surface area (Å²) in [7, 11) is 0. The Bertz CT molecular complexity index is 959. The Labute approximate surface area is 354 Å². The Kier molecular flexibility index (Phi) is 37.2. The average molecular weight is 827 g/mol. The molecule has 1 aliphatic rings. The first kappa shape index (κ1) is 54.5. The van der Waals surface area contributed by atoms with E-state index in [4.69, 9.17) is 18.9 Å². The van der Waals surface area contributed by atoms with E-state index in [1.807, 2.05) is 0 Å². The zero-order valence-corrected chi connectivity index (χ0v) is 37.3. The molecule has 1 aliphatic heterocycles. The van der Waals surface area contributed by atoms with Crippen LogP contribution in [-0.4, -0.2) is 89.0 Å². The number of allylic oxidation sites excluding steroid dienone is 2. The van der Waals surface area contributed by atoms with Gasteiger partial charge < -0.3 is 39.4 Å². The maximum absolute atomic E-state index is 12.8. The normalized spacial score (nSPS) is 20.1. The molecule has 10 heteroatoms. The number of carbonyl (C=O) groups is 2. The molecule has 0 amide bonds. The van der Waals surface area contributed by atoms with Crippen LogP contribution in [0.1, 0.15) is 226 Å². The molecule has 0 spiro atoms. The summed E-state index contributed by atoms with van der Waals surface area (Å²) in [5, 5.41) is 40.1. The first-order valence-electron chi connectivity index (χ1n) is 24.3. The monoisotopic (exact) mass is 827 g/mol. The summed E-state index contributed by atoms with van der Waals surface area (Å²) in [5.74, 6) is -0.803. The highest BCUT2D eigenvalue weighted by molar-refractivity contribution is 5.70. The van der Waals surface area contributed by atoms with Crippen molar-refractivity contribution >= 4 is 11.9 Å². The zero-order chi connectivity index (χ0) is 42.3. The molecule has 0 aromatic heterocycles.